The molecule has 2 N–H and O–H groups in total. The van der Waals surface area contributed by atoms with Crippen LogP contribution >= 0.6 is 11.3 Å². The second-order valence-electron chi connectivity index (χ2n) is 5.81. The predicted molar refractivity (Wildman–Crippen MR) is 87.8 cm³/mol. The summed E-state index contributed by atoms with van der Waals surface area (Å²) in [6.07, 6.45) is 0. The van der Waals surface area contributed by atoms with E-state index in [0.29, 0.717) is 0 Å². The zero-order valence-electron chi connectivity index (χ0n) is 13.2. The monoisotopic (exact) mass is 324 g/mol. The number of carbonyl (C=O) groups excluding carboxylic acids is 2. The molecular formula is C15H24N4O2S. The zero-order chi connectivity index (χ0) is 15.9. The summed E-state index contributed by atoms with van der Waals surface area (Å²) < 4.78 is 0. The molecule has 0 spiro atoms. The van der Waals surface area contributed by atoms with Gasteiger partial charge in [-0.1, -0.05) is 6.07 Å². The summed E-state index contributed by atoms with van der Waals surface area (Å²) in [4.78, 5) is 29.1. The van der Waals surface area contributed by atoms with Gasteiger partial charge in [0.1, 0.15) is 0 Å². The first-order valence-corrected chi connectivity index (χ1v) is 8.48. The highest BCUT2D eigenvalue weighted by Crippen LogP contribution is 2.13. The van der Waals surface area contributed by atoms with Crippen LogP contribution in [-0.2, 0) is 11.3 Å². The molecule has 122 valence electrons. The fourth-order valence-corrected chi connectivity index (χ4v) is 3.14. The lowest BCUT2D eigenvalue weighted by molar-refractivity contribution is -0.121. The number of nitrogens with zero attached hydrogens (tertiary/aromatic N) is 2. The zero-order valence-corrected chi connectivity index (χ0v) is 14.0. The number of imide groups is 1. The normalized spacial score (nSPS) is 16.7. The minimum absolute atomic E-state index is 0.0218. The molecule has 0 aliphatic carbocycles. The molecule has 0 saturated carbocycles. The first kappa shape index (κ1) is 16.9. The third kappa shape index (κ3) is 5.75. The first-order chi connectivity index (χ1) is 10.5. The van der Waals surface area contributed by atoms with Gasteiger partial charge in [-0.2, -0.15) is 0 Å². The molecule has 0 atom stereocenters. The van der Waals surface area contributed by atoms with Gasteiger partial charge >= 0.3 is 6.03 Å². The highest BCUT2D eigenvalue weighted by atomic mass is 32.1. The topological polar surface area (TPSA) is 64.7 Å². The predicted octanol–water partition coefficient (Wildman–Crippen LogP) is 1.10. The van der Waals surface area contributed by atoms with Gasteiger partial charge in [-0.25, -0.2) is 4.79 Å². The smallest absolute Gasteiger partial charge is 0.321 e. The Morgan fingerprint density at radius 2 is 1.91 bits per heavy atom. The van der Waals surface area contributed by atoms with Crippen molar-refractivity contribution in [1.29, 1.82) is 0 Å². The average Bonchev–Trinajstić information content (AvgIpc) is 2.92. The number of urea groups is 1. The molecule has 7 heteroatoms. The maximum atomic E-state index is 11.8. The quantitative estimate of drug-likeness (QED) is 0.851. The third-order valence-corrected chi connectivity index (χ3v) is 4.33. The number of thiophene rings is 1. The SMILES string of the molecule is CC(C)NC(=O)NC(=O)CN1CCN(Cc2cccs2)CC1. The second-order valence-corrected chi connectivity index (χ2v) is 6.84. The summed E-state index contributed by atoms with van der Waals surface area (Å²) in [5, 5.41) is 7.11. The molecule has 1 aromatic rings. The molecule has 0 aromatic carbocycles. The van der Waals surface area contributed by atoms with Crippen molar-refractivity contribution >= 4 is 23.3 Å². The molecule has 0 unspecified atom stereocenters. The Hall–Kier alpha value is -1.44. The first-order valence-electron chi connectivity index (χ1n) is 7.60. The minimum Gasteiger partial charge on any atom is -0.336 e. The Morgan fingerprint density at radius 1 is 1.23 bits per heavy atom. The summed E-state index contributed by atoms with van der Waals surface area (Å²) in [6.45, 7) is 8.57. The molecule has 1 fully saturated rings. The standard InChI is InChI=1S/C15H24N4O2S/c1-12(2)16-15(21)17-14(20)11-19-7-5-18(6-8-19)10-13-4-3-9-22-13/h3-4,9,12H,5-8,10-11H2,1-2H3,(H2,16,17,20,21). The number of nitrogens with one attached hydrogen (secondary N) is 2. The van der Waals surface area contributed by atoms with Gasteiger partial charge in [0, 0.05) is 43.6 Å². The van der Waals surface area contributed by atoms with E-state index in [0.717, 1.165) is 32.7 Å². The average molecular weight is 324 g/mol. The Labute approximate surface area is 135 Å². The number of hydrogen-bond donors (Lipinski definition) is 2. The van der Waals surface area contributed by atoms with Gasteiger partial charge in [0.05, 0.1) is 6.54 Å². The van der Waals surface area contributed by atoms with Crippen molar-refractivity contribution in [3.8, 4) is 0 Å². The van der Waals surface area contributed by atoms with E-state index in [1.807, 2.05) is 13.8 Å². The molecule has 0 radical (unpaired) electrons. The summed E-state index contributed by atoms with van der Waals surface area (Å²) in [5.41, 5.74) is 0. The van der Waals surface area contributed by atoms with Crippen LogP contribution in [0.25, 0.3) is 0 Å². The molecule has 3 amide bonds. The minimum atomic E-state index is -0.420. The molecule has 1 aliphatic heterocycles. The molecule has 6 nitrogen and oxygen atoms in total. The van der Waals surface area contributed by atoms with Gasteiger partial charge < -0.3 is 5.32 Å². The van der Waals surface area contributed by atoms with Crippen molar-refractivity contribution in [2.45, 2.75) is 26.4 Å². The van der Waals surface area contributed by atoms with Crippen LogP contribution in [0.3, 0.4) is 0 Å². The van der Waals surface area contributed by atoms with Crippen LogP contribution in [0.15, 0.2) is 17.5 Å². The van der Waals surface area contributed by atoms with Crippen LogP contribution in [0, 0.1) is 0 Å². The van der Waals surface area contributed by atoms with Crippen molar-refractivity contribution < 1.29 is 9.59 Å². The van der Waals surface area contributed by atoms with Gasteiger partial charge in [0.25, 0.3) is 0 Å². The molecule has 2 rings (SSSR count). The Morgan fingerprint density at radius 3 is 2.50 bits per heavy atom. The van der Waals surface area contributed by atoms with E-state index in [2.05, 4.69) is 37.9 Å². The van der Waals surface area contributed by atoms with Gasteiger partial charge in [-0.3, -0.25) is 19.9 Å². The van der Waals surface area contributed by atoms with E-state index in [1.165, 1.54) is 4.88 Å². The van der Waals surface area contributed by atoms with Crippen molar-refractivity contribution in [1.82, 2.24) is 20.4 Å². The number of amides is 3. The van der Waals surface area contributed by atoms with Crippen molar-refractivity contribution in [3.63, 3.8) is 0 Å². The largest absolute Gasteiger partial charge is 0.336 e. The van der Waals surface area contributed by atoms with Crippen molar-refractivity contribution in [2.24, 2.45) is 0 Å². The van der Waals surface area contributed by atoms with Crippen molar-refractivity contribution in [3.05, 3.63) is 22.4 Å². The van der Waals surface area contributed by atoms with Gasteiger partial charge in [-0.15, -0.1) is 11.3 Å². The molecule has 1 aliphatic rings. The molecule has 1 saturated heterocycles. The lowest BCUT2D eigenvalue weighted by Gasteiger charge is -2.33. The molecule has 22 heavy (non-hydrogen) atoms. The highest BCUT2D eigenvalue weighted by Gasteiger charge is 2.20. The lowest BCUT2D eigenvalue weighted by atomic mass is 10.3. The Bertz CT molecular complexity index is 482. The van der Waals surface area contributed by atoms with Gasteiger partial charge in [0.2, 0.25) is 5.91 Å². The van der Waals surface area contributed by atoms with E-state index < -0.39 is 6.03 Å². The van der Waals surface area contributed by atoms with E-state index in [-0.39, 0.29) is 18.5 Å². The van der Waals surface area contributed by atoms with Crippen LogP contribution in [0.5, 0.6) is 0 Å². The van der Waals surface area contributed by atoms with Crippen LogP contribution in [0.1, 0.15) is 18.7 Å². The fourth-order valence-electron chi connectivity index (χ4n) is 2.40. The van der Waals surface area contributed by atoms with E-state index >= 15 is 0 Å². The van der Waals surface area contributed by atoms with E-state index in [9.17, 15) is 9.59 Å². The van der Waals surface area contributed by atoms with Crippen LogP contribution in [0.4, 0.5) is 4.79 Å². The Balaban J connectivity index is 1.66. The highest BCUT2D eigenvalue weighted by molar-refractivity contribution is 7.09. The third-order valence-electron chi connectivity index (χ3n) is 3.46. The summed E-state index contributed by atoms with van der Waals surface area (Å²) >= 11 is 1.78. The molecule has 2 heterocycles. The Kier molecular flexibility index (Phi) is 6.35. The van der Waals surface area contributed by atoms with Gasteiger partial charge in [0.15, 0.2) is 0 Å². The summed E-state index contributed by atoms with van der Waals surface area (Å²) in [6, 6.07) is 3.82. The molecule has 0 bridgehead atoms. The summed E-state index contributed by atoms with van der Waals surface area (Å²) in [7, 11) is 0. The number of hydrogen-bond acceptors (Lipinski definition) is 5. The second kappa shape index (κ2) is 8.26. The molecular weight excluding hydrogens is 300 g/mol. The maximum absolute atomic E-state index is 11.8. The van der Waals surface area contributed by atoms with Gasteiger partial charge in [-0.05, 0) is 25.3 Å². The number of piperazine rings is 1. The van der Waals surface area contributed by atoms with E-state index in [1.54, 1.807) is 11.3 Å². The van der Waals surface area contributed by atoms with E-state index in [4.69, 9.17) is 0 Å². The van der Waals surface area contributed by atoms with Crippen LogP contribution in [0.2, 0.25) is 0 Å². The fraction of sp³-hybridized carbons (Fsp3) is 0.600. The summed E-state index contributed by atoms with van der Waals surface area (Å²) in [5.74, 6) is -0.246. The van der Waals surface area contributed by atoms with Crippen LogP contribution < -0.4 is 10.6 Å². The maximum Gasteiger partial charge on any atom is 0.321 e. The number of carbonyl (C=O) groups is 2. The molecule has 1 aromatic heterocycles. The van der Waals surface area contributed by atoms with Crippen molar-refractivity contribution in [2.75, 3.05) is 32.7 Å². The van der Waals surface area contributed by atoms with Crippen LogP contribution in [-0.4, -0.2) is 60.5 Å². The number of rotatable bonds is 5. The lowest BCUT2D eigenvalue weighted by Crippen LogP contribution is -2.51.